The summed E-state index contributed by atoms with van der Waals surface area (Å²) in [6.07, 6.45) is 11.9. The number of hydrogen-bond acceptors (Lipinski definition) is 3. The van der Waals surface area contributed by atoms with Crippen LogP contribution in [0.4, 0.5) is 5.69 Å². The molecule has 0 bridgehead atoms. The Morgan fingerprint density at radius 1 is 0.889 bits per heavy atom. The van der Waals surface area contributed by atoms with E-state index in [0.717, 1.165) is 25.2 Å². The molecule has 27 heavy (non-hydrogen) atoms. The van der Waals surface area contributed by atoms with Gasteiger partial charge in [-0.05, 0) is 36.8 Å². The Kier molecular flexibility index (Phi) is 11.0. The SMILES string of the molecule is CC.CC1CCCC(Nc2ccccc2S(=O)(=O)O)C1.CC1CCCCC1. The number of anilines is 1. The summed E-state index contributed by atoms with van der Waals surface area (Å²) in [6.45, 7) is 8.57. The van der Waals surface area contributed by atoms with Gasteiger partial charge >= 0.3 is 0 Å². The molecular weight excluding hydrogens is 358 g/mol. The summed E-state index contributed by atoms with van der Waals surface area (Å²) in [5, 5.41) is 3.25. The molecule has 2 atom stereocenters. The van der Waals surface area contributed by atoms with Gasteiger partial charge in [-0.3, -0.25) is 4.55 Å². The van der Waals surface area contributed by atoms with Crippen molar-refractivity contribution < 1.29 is 13.0 Å². The molecule has 1 aromatic carbocycles. The van der Waals surface area contributed by atoms with Crippen molar-refractivity contribution in [3.63, 3.8) is 0 Å². The van der Waals surface area contributed by atoms with Crippen LogP contribution >= 0.6 is 0 Å². The average molecular weight is 398 g/mol. The summed E-state index contributed by atoms with van der Waals surface area (Å²) in [4.78, 5) is -0.0387. The first kappa shape index (κ1) is 24.0. The first-order valence-corrected chi connectivity index (χ1v) is 12.1. The van der Waals surface area contributed by atoms with E-state index in [1.165, 1.54) is 44.6 Å². The maximum atomic E-state index is 11.3. The number of para-hydroxylation sites is 1. The largest absolute Gasteiger partial charge is 0.381 e. The fourth-order valence-corrected chi connectivity index (χ4v) is 4.56. The number of hydrogen-bond donors (Lipinski definition) is 2. The first-order chi connectivity index (χ1) is 12.9. The second-order valence-electron chi connectivity index (χ2n) is 7.83. The van der Waals surface area contributed by atoms with Gasteiger partial charge in [0.1, 0.15) is 4.90 Å². The van der Waals surface area contributed by atoms with Crippen LogP contribution < -0.4 is 5.32 Å². The van der Waals surface area contributed by atoms with Crippen LogP contribution in [0.2, 0.25) is 0 Å². The molecule has 2 unspecified atom stereocenters. The summed E-state index contributed by atoms with van der Waals surface area (Å²) in [7, 11) is -4.16. The van der Waals surface area contributed by atoms with Gasteiger partial charge < -0.3 is 5.32 Å². The molecule has 0 spiro atoms. The minimum Gasteiger partial charge on any atom is -0.381 e. The van der Waals surface area contributed by atoms with E-state index in [0.29, 0.717) is 11.6 Å². The van der Waals surface area contributed by atoms with E-state index < -0.39 is 10.1 Å². The Morgan fingerprint density at radius 3 is 2.00 bits per heavy atom. The van der Waals surface area contributed by atoms with Crippen LogP contribution in [-0.2, 0) is 10.1 Å². The van der Waals surface area contributed by atoms with E-state index in [1.54, 1.807) is 18.2 Å². The number of nitrogens with one attached hydrogen (secondary N) is 1. The molecule has 156 valence electrons. The van der Waals surface area contributed by atoms with Crippen molar-refractivity contribution >= 4 is 15.8 Å². The highest BCUT2D eigenvalue weighted by atomic mass is 32.2. The number of benzene rings is 1. The van der Waals surface area contributed by atoms with Crippen LogP contribution in [0.3, 0.4) is 0 Å². The van der Waals surface area contributed by atoms with Crippen molar-refractivity contribution in [3.8, 4) is 0 Å². The maximum Gasteiger partial charge on any atom is 0.296 e. The van der Waals surface area contributed by atoms with Crippen molar-refractivity contribution in [3.05, 3.63) is 24.3 Å². The maximum absolute atomic E-state index is 11.3. The molecule has 1 aromatic rings. The summed E-state index contributed by atoms with van der Waals surface area (Å²) in [5.41, 5.74) is 0.499. The molecule has 2 saturated carbocycles. The average Bonchev–Trinajstić information content (AvgIpc) is 2.64. The molecule has 0 radical (unpaired) electrons. The van der Waals surface area contributed by atoms with E-state index in [1.807, 2.05) is 13.8 Å². The molecule has 2 N–H and O–H groups in total. The zero-order valence-electron chi connectivity index (χ0n) is 17.6. The van der Waals surface area contributed by atoms with Crippen LogP contribution in [0.5, 0.6) is 0 Å². The van der Waals surface area contributed by atoms with E-state index >= 15 is 0 Å². The van der Waals surface area contributed by atoms with Gasteiger partial charge in [0.05, 0.1) is 5.69 Å². The lowest BCUT2D eigenvalue weighted by Gasteiger charge is -2.28. The fraction of sp³-hybridized carbons (Fsp3) is 0.727. The predicted molar refractivity (Wildman–Crippen MR) is 115 cm³/mol. The topological polar surface area (TPSA) is 66.4 Å². The summed E-state index contributed by atoms with van der Waals surface area (Å²) < 4.78 is 31.7. The summed E-state index contributed by atoms with van der Waals surface area (Å²) in [6, 6.07) is 6.78. The van der Waals surface area contributed by atoms with Gasteiger partial charge in [-0.1, -0.05) is 84.8 Å². The van der Waals surface area contributed by atoms with E-state index in [2.05, 4.69) is 19.2 Å². The molecule has 0 aliphatic heterocycles. The highest BCUT2D eigenvalue weighted by molar-refractivity contribution is 7.86. The van der Waals surface area contributed by atoms with Crippen molar-refractivity contribution in [2.45, 2.75) is 96.4 Å². The van der Waals surface area contributed by atoms with Crippen LogP contribution in [0.15, 0.2) is 29.2 Å². The smallest absolute Gasteiger partial charge is 0.296 e. The first-order valence-electron chi connectivity index (χ1n) is 10.7. The quantitative estimate of drug-likeness (QED) is 0.568. The lowest BCUT2D eigenvalue weighted by atomic mass is 9.87. The highest BCUT2D eigenvalue weighted by Gasteiger charge is 2.21. The molecule has 0 saturated heterocycles. The second-order valence-corrected chi connectivity index (χ2v) is 9.22. The van der Waals surface area contributed by atoms with Gasteiger partial charge in [-0.2, -0.15) is 8.42 Å². The Hall–Kier alpha value is -1.07. The Balaban J connectivity index is 0.000000338. The van der Waals surface area contributed by atoms with Gasteiger partial charge in [0.25, 0.3) is 10.1 Å². The zero-order chi connectivity index (χ0) is 20.3. The van der Waals surface area contributed by atoms with Gasteiger partial charge in [-0.15, -0.1) is 0 Å². The molecule has 2 fully saturated rings. The van der Waals surface area contributed by atoms with Crippen molar-refractivity contribution in [1.29, 1.82) is 0 Å². The molecule has 4 nitrogen and oxygen atoms in total. The van der Waals surface area contributed by atoms with E-state index in [-0.39, 0.29) is 10.9 Å². The predicted octanol–water partition coefficient (Wildman–Crippen LogP) is 6.54. The Labute approximate surface area is 166 Å². The van der Waals surface area contributed by atoms with Crippen LogP contribution in [0, 0.1) is 11.8 Å². The van der Waals surface area contributed by atoms with Crippen molar-refractivity contribution in [1.82, 2.24) is 0 Å². The number of rotatable bonds is 3. The molecule has 2 aliphatic carbocycles. The molecule has 0 heterocycles. The monoisotopic (exact) mass is 397 g/mol. The minimum absolute atomic E-state index is 0.0387. The van der Waals surface area contributed by atoms with E-state index in [4.69, 9.17) is 0 Å². The minimum atomic E-state index is -4.16. The standard InChI is InChI=1S/C13H19NO3S.C7H14.C2H6/c1-10-5-4-6-11(9-10)14-12-7-2-3-8-13(12)18(15,16)17;1-7-5-3-2-4-6-7;1-2/h2-3,7-8,10-11,14H,4-6,9H2,1H3,(H,15,16,17);7H,2-6H2,1H3;1-2H3. The molecule has 5 heteroatoms. The highest BCUT2D eigenvalue weighted by Crippen LogP contribution is 2.28. The second kappa shape index (κ2) is 12.4. The van der Waals surface area contributed by atoms with Gasteiger partial charge in [0, 0.05) is 6.04 Å². The van der Waals surface area contributed by atoms with Crippen LogP contribution in [-0.4, -0.2) is 19.0 Å². The lowest BCUT2D eigenvalue weighted by molar-refractivity contribution is 0.358. The van der Waals surface area contributed by atoms with Crippen molar-refractivity contribution in [2.75, 3.05) is 5.32 Å². The summed E-state index contributed by atoms with van der Waals surface area (Å²) in [5.74, 6) is 1.70. The third-order valence-electron chi connectivity index (χ3n) is 5.35. The lowest BCUT2D eigenvalue weighted by Crippen LogP contribution is -2.26. The van der Waals surface area contributed by atoms with Crippen LogP contribution in [0.1, 0.15) is 85.5 Å². The van der Waals surface area contributed by atoms with Gasteiger partial charge in [-0.25, -0.2) is 0 Å². The fourth-order valence-electron chi connectivity index (χ4n) is 3.90. The molecule has 0 aromatic heterocycles. The third kappa shape index (κ3) is 9.11. The summed E-state index contributed by atoms with van der Waals surface area (Å²) >= 11 is 0. The zero-order valence-corrected chi connectivity index (χ0v) is 18.4. The van der Waals surface area contributed by atoms with Crippen molar-refractivity contribution in [2.24, 2.45) is 11.8 Å². The Bertz CT molecular complexity index is 624. The van der Waals surface area contributed by atoms with Gasteiger partial charge in [0.2, 0.25) is 0 Å². The van der Waals surface area contributed by atoms with Gasteiger partial charge in [0.15, 0.2) is 0 Å². The molecular formula is C22H39NO3S. The molecule has 0 amide bonds. The van der Waals surface area contributed by atoms with Crippen LogP contribution in [0.25, 0.3) is 0 Å². The molecule has 3 rings (SSSR count). The molecule has 2 aliphatic rings. The third-order valence-corrected chi connectivity index (χ3v) is 6.27. The van der Waals surface area contributed by atoms with E-state index in [9.17, 15) is 13.0 Å². The normalized spacial score (nSPS) is 23.3. The Morgan fingerprint density at radius 2 is 1.48 bits per heavy atom.